The van der Waals surface area contributed by atoms with Gasteiger partial charge in [0.05, 0.1) is 7.11 Å². The molecule has 1 aliphatic rings. The summed E-state index contributed by atoms with van der Waals surface area (Å²) in [6.45, 7) is -0.186. The first-order chi connectivity index (χ1) is 8.60. The van der Waals surface area contributed by atoms with Crippen LogP contribution in [0.4, 0.5) is 4.79 Å². The third-order valence-corrected chi connectivity index (χ3v) is 2.36. The Morgan fingerprint density at radius 3 is 2.83 bits per heavy atom. The lowest BCUT2D eigenvalue weighted by atomic mass is 10.2. The molecule has 1 fully saturated rings. The molecule has 1 saturated heterocycles. The number of hydrazine groups is 1. The Morgan fingerprint density at radius 2 is 2.22 bits per heavy atom. The Balaban J connectivity index is 2.07. The molecule has 2 N–H and O–H groups in total. The molecule has 0 aliphatic carbocycles. The van der Waals surface area contributed by atoms with E-state index in [1.54, 1.807) is 18.2 Å². The van der Waals surface area contributed by atoms with Crippen LogP contribution in [-0.2, 0) is 4.79 Å². The molecule has 7 nitrogen and oxygen atoms in total. The lowest BCUT2D eigenvalue weighted by Gasteiger charge is -2.14. The molecule has 4 amide bonds. The number of nitrogens with one attached hydrogen (secondary N) is 2. The predicted octanol–water partition coefficient (Wildman–Crippen LogP) is -0.108. The number of benzene rings is 1. The molecule has 0 aromatic heterocycles. The van der Waals surface area contributed by atoms with Crippen LogP contribution in [-0.4, -0.2) is 36.5 Å². The molecule has 0 saturated carbocycles. The van der Waals surface area contributed by atoms with Gasteiger partial charge in [0.25, 0.3) is 5.91 Å². The molecule has 1 aromatic rings. The second kappa shape index (κ2) is 4.74. The van der Waals surface area contributed by atoms with Crippen LogP contribution in [0.25, 0.3) is 0 Å². The van der Waals surface area contributed by atoms with Gasteiger partial charge in [0, 0.05) is 5.56 Å². The maximum atomic E-state index is 11.8. The van der Waals surface area contributed by atoms with Crippen molar-refractivity contribution in [1.29, 1.82) is 0 Å². The first-order valence-corrected chi connectivity index (χ1v) is 5.16. The van der Waals surface area contributed by atoms with Crippen LogP contribution in [0.1, 0.15) is 10.4 Å². The number of rotatable bonds is 3. The summed E-state index contributed by atoms with van der Waals surface area (Å²) in [4.78, 5) is 34.0. The summed E-state index contributed by atoms with van der Waals surface area (Å²) < 4.78 is 4.99. The maximum Gasteiger partial charge on any atom is 0.343 e. The number of imide groups is 1. The lowest BCUT2D eigenvalue weighted by molar-refractivity contribution is -0.118. The standard InChI is InChI=1S/C11H11N3O4/c1-18-8-4-2-3-7(5-8)10(16)13-14-6-9(15)12-11(14)17/h2-5H,6H2,1H3,(H,13,16)(H,12,15,17). The van der Waals surface area contributed by atoms with Gasteiger partial charge in [-0.25, -0.2) is 9.80 Å². The highest BCUT2D eigenvalue weighted by molar-refractivity contribution is 6.04. The minimum absolute atomic E-state index is 0.186. The summed E-state index contributed by atoms with van der Waals surface area (Å²) in [6, 6.07) is 5.82. The van der Waals surface area contributed by atoms with Crippen LogP contribution in [0.15, 0.2) is 24.3 Å². The Kier molecular flexibility index (Phi) is 3.13. The van der Waals surface area contributed by atoms with E-state index in [-0.39, 0.29) is 6.54 Å². The highest BCUT2D eigenvalue weighted by Gasteiger charge is 2.28. The van der Waals surface area contributed by atoms with E-state index in [4.69, 9.17) is 4.74 Å². The van der Waals surface area contributed by atoms with Gasteiger partial charge in [-0.15, -0.1) is 0 Å². The monoisotopic (exact) mass is 249 g/mol. The third kappa shape index (κ3) is 2.40. The van der Waals surface area contributed by atoms with Crippen molar-refractivity contribution in [1.82, 2.24) is 15.8 Å². The molecule has 7 heteroatoms. The Morgan fingerprint density at radius 1 is 1.44 bits per heavy atom. The van der Waals surface area contributed by atoms with Crippen LogP contribution in [0.2, 0.25) is 0 Å². The van der Waals surface area contributed by atoms with Gasteiger partial charge in [0.15, 0.2) is 0 Å². The van der Waals surface area contributed by atoms with E-state index in [0.717, 1.165) is 5.01 Å². The van der Waals surface area contributed by atoms with Gasteiger partial charge in [-0.3, -0.25) is 20.3 Å². The number of hydrogen-bond acceptors (Lipinski definition) is 4. The molecule has 1 heterocycles. The Bertz CT molecular complexity index is 515. The Labute approximate surface area is 103 Å². The highest BCUT2D eigenvalue weighted by Crippen LogP contribution is 2.12. The summed E-state index contributed by atoms with van der Waals surface area (Å²) in [5.74, 6) is -0.408. The van der Waals surface area contributed by atoms with Crippen molar-refractivity contribution < 1.29 is 19.1 Å². The van der Waals surface area contributed by atoms with Crippen molar-refractivity contribution in [3.8, 4) is 5.75 Å². The van der Waals surface area contributed by atoms with Crippen LogP contribution < -0.4 is 15.5 Å². The molecule has 0 unspecified atom stereocenters. The van der Waals surface area contributed by atoms with Crippen molar-refractivity contribution in [2.75, 3.05) is 13.7 Å². The first-order valence-electron chi connectivity index (χ1n) is 5.16. The molecule has 0 atom stereocenters. The van der Waals surface area contributed by atoms with Crippen LogP contribution in [0, 0.1) is 0 Å². The summed E-state index contributed by atoms with van der Waals surface area (Å²) >= 11 is 0. The highest BCUT2D eigenvalue weighted by atomic mass is 16.5. The van der Waals surface area contributed by atoms with Crippen molar-refractivity contribution in [3.63, 3.8) is 0 Å². The fourth-order valence-corrected chi connectivity index (χ4v) is 1.48. The third-order valence-electron chi connectivity index (χ3n) is 2.36. The number of nitrogens with zero attached hydrogens (tertiary/aromatic N) is 1. The molecular formula is C11H11N3O4. The summed E-state index contributed by atoms with van der Waals surface area (Å²) in [6.07, 6.45) is 0. The van der Waals surface area contributed by atoms with Crippen LogP contribution in [0.5, 0.6) is 5.75 Å². The SMILES string of the molecule is COc1cccc(C(=O)NN2CC(=O)NC2=O)c1. The van der Waals surface area contributed by atoms with E-state index in [2.05, 4.69) is 10.7 Å². The molecule has 0 radical (unpaired) electrons. The van der Waals surface area contributed by atoms with Gasteiger partial charge in [-0.2, -0.15) is 0 Å². The molecule has 0 spiro atoms. The van der Waals surface area contributed by atoms with E-state index in [9.17, 15) is 14.4 Å². The fourth-order valence-electron chi connectivity index (χ4n) is 1.48. The fraction of sp³-hybridized carbons (Fsp3) is 0.182. The molecular weight excluding hydrogens is 238 g/mol. The van der Waals surface area contributed by atoms with E-state index < -0.39 is 17.8 Å². The number of amides is 4. The average Bonchev–Trinajstić information content (AvgIpc) is 2.68. The maximum absolute atomic E-state index is 11.8. The average molecular weight is 249 g/mol. The van der Waals surface area contributed by atoms with E-state index >= 15 is 0 Å². The van der Waals surface area contributed by atoms with E-state index in [1.165, 1.54) is 13.2 Å². The smallest absolute Gasteiger partial charge is 0.343 e. The van der Waals surface area contributed by atoms with Gasteiger partial charge in [-0.1, -0.05) is 6.07 Å². The zero-order chi connectivity index (χ0) is 13.1. The summed E-state index contributed by atoms with van der Waals surface area (Å²) in [5.41, 5.74) is 2.67. The summed E-state index contributed by atoms with van der Waals surface area (Å²) in [7, 11) is 1.49. The zero-order valence-electron chi connectivity index (χ0n) is 9.60. The van der Waals surface area contributed by atoms with E-state index in [0.29, 0.717) is 11.3 Å². The largest absolute Gasteiger partial charge is 0.497 e. The topological polar surface area (TPSA) is 87.7 Å². The quantitative estimate of drug-likeness (QED) is 0.732. The van der Waals surface area contributed by atoms with Crippen molar-refractivity contribution in [2.45, 2.75) is 0 Å². The number of ether oxygens (including phenoxy) is 1. The lowest BCUT2D eigenvalue weighted by Crippen LogP contribution is -2.44. The number of carbonyl (C=O) groups is 3. The number of methoxy groups -OCH3 is 1. The van der Waals surface area contributed by atoms with Crippen molar-refractivity contribution >= 4 is 17.8 Å². The first kappa shape index (κ1) is 11.9. The Hall–Kier alpha value is -2.57. The number of hydrogen-bond donors (Lipinski definition) is 2. The zero-order valence-corrected chi connectivity index (χ0v) is 9.60. The second-order valence-corrected chi connectivity index (χ2v) is 3.61. The minimum atomic E-state index is -0.642. The van der Waals surface area contributed by atoms with Gasteiger partial charge in [0.1, 0.15) is 12.3 Å². The molecule has 0 bridgehead atoms. The van der Waals surface area contributed by atoms with Gasteiger partial charge < -0.3 is 4.74 Å². The van der Waals surface area contributed by atoms with Crippen LogP contribution in [0.3, 0.4) is 0 Å². The number of carbonyl (C=O) groups excluding carboxylic acids is 3. The molecule has 2 rings (SSSR count). The number of urea groups is 1. The second-order valence-electron chi connectivity index (χ2n) is 3.61. The van der Waals surface area contributed by atoms with Gasteiger partial charge in [0.2, 0.25) is 5.91 Å². The van der Waals surface area contributed by atoms with Gasteiger partial charge >= 0.3 is 6.03 Å². The summed E-state index contributed by atoms with van der Waals surface area (Å²) in [5, 5.41) is 2.98. The predicted molar refractivity (Wildman–Crippen MR) is 60.7 cm³/mol. The molecule has 1 aliphatic heterocycles. The molecule has 94 valence electrons. The minimum Gasteiger partial charge on any atom is -0.497 e. The molecule has 18 heavy (non-hydrogen) atoms. The van der Waals surface area contributed by atoms with Crippen molar-refractivity contribution in [3.05, 3.63) is 29.8 Å². The molecule has 1 aromatic carbocycles. The van der Waals surface area contributed by atoms with Crippen LogP contribution >= 0.6 is 0 Å². The van der Waals surface area contributed by atoms with E-state index in [1.807, 2.05) is 0 Å². The van der Waals surface area contributed by atoms with Gasteiger partial charge in [-0.05, 0) is 18.2 Å². The normalized spacial score (nSPS) is 14.4. The van der Waals surface area contributed by atoms with Crippen molar-refractivity contribution in [2.24, 2.45) is 0 Å².